The number of nitrogens with zero attached hydrogens (tertiary/aromatic N) is 2. The van der Waals surface area contributed by atoms with E-state index in [2.05, 4.69) is 4.98 Å². The molecule has 1 aliphatic rings. The summed E-state index contributed by atoms with van der Waals surface area (Å²) in [4.78, 5) is 21.2. The van der Waals surface area contributed by atoms with E-state index in [0.717, 1.165) is 5.56 Å². The van der Waals surface area contributed by atoms with Gasteiger partial charge < -0.3 is 0 Å². The molecule has 0 radical (unpaired) electrons. The van der Waals surface area contributed by atoms with E-state index in [1.54, 1.807) is 6.07 Å². The molecular weight excluding hydrogens is 235 g/mol. The van der Waals surface area contributed by atoms with E-state index in [9.17, 15) is 9.18 Å². The number of halogens is 1. The number of aromatic nitrogens is 1. The number of hydrogen-bond donors (Lipinski definition) is 0. The summed E-state index contributed by atoms with van der Waals surface area (Å²) in [6.07, 6.45) is 2.16. The summed E-state index contributed by atoms with van der Waals surface area (Å²) in [6.45, 7) is 6.02. The molecule has 1 amide bonds. The number of hydroxylamine groups is 2. The Morgan fingerprint density at radius 2 is 2.22 bits per heavy atom. The molecule has 0 N–H and O–H groups in total. The summed E-state index contributed by atoms with van der Waals surface area (Å²) in [5, 5.41) is 1.40. The lowest BCUT2D eigenvalue weighted by atomic mass is 9.94. The van der Waals surface area contributed by atoms with Crippen molar-refractivity contribution in [2.24, 2.45) is 5.41 Å². The van der Waals surface area contributed by atoms with E-state index in [-0.39, 0.29) is 11.9 Å². The average Bonchev–Trinajstić information content (AvgIpc) is 2.76. The van der Waals surface area contributed by atoms with E-state index >= 15 is 0 Å². The van der Waals surface area contributed by atoms with Crippen LogP contribution in [0.15, 0.2) is 18.3 Å². The van der Waals surface area contributed by atoms with Gasteiger partial charge in [-0.2, -0.15) is 4.39 Å². The van der Waals surface area contributed by atoms with Crippen LogP contribution in [0.5, 0.6) is 0 Å². The zero-order valence-corrected chi connectivity index (χ0v) is 10.8. The molecule has 1 atom stereocenters. The van der Waals surface area contributed by atoms with Crippen LogP contribution in [0.4, 0.5) is 4.39 Å². The van der Waals surface area contributed by atoms with Crippen molar-refractivity contribution in [2.75, 3.05) is 6.61 Å². The first-order chi connectivity index (χ1) is 8.39. The Morgan fingerprint density at radius 3 is 2.78 bits per heavy atom. The van der Waals surface area contributed by atoms with Gasteiger partial charge in [0.1, 0.15) is 0 Å². The monoisotopic (exact) mass is 252 g/mol. The van der Waals surface area contributed by atoms with Crippen molar-refractivity contribution in [2.45, 2.75) is 33.2 Å². The Morgan fingerprint density at radius 1 is 1.50 bits per heavy atom. The third-order valence-corrected chi connectivity index (χ3v) is 2.88. The highest BCUT2D eigenvalue weighted by Gasteiger charge is 2.37. The smallest absolute Gasteiger partial charge is 0.252 e. The van der Waals surface area contributed by atoms with Crippen molar-refractivity contribution in [3.05, 3.63) is 29.8 Å². The topological polar surface area (TPSA) is 42.4 Å². The molecule has 18 heavy (non-hydrogen) atoms. The van der Waals surface area contributed by atoms with Gasteiger partial charge in [0.15, 0.2) is 0 Å². The number of carbonyl (C=O) groups is 1. The minimum Gasteiger partial charge on any atom is -0.272 e. The van der Waals surface area contributed by atoms with Crippen molar-refractivity contribution < 1.29 is 14.0 Å². The number of hydrogen-bond acceptors (Lipinski definition) is 3. The van der Waals surface area contributed by atoms with Crippen molar-refractivity contribution >= 4 is 5.91 Å². The fourth-order valence-electron chi connectivity index (χ4n) is 1.89. The number of amides is 1. The Kier molecular flexibility index (Phi) is 3.34. The normalized spacial score (nSPS) is 20.2. The van der Waals surface area contributed by atoms with Crippen LogP contribution in [0.25, 0.3) is 0 Å². The van der Waals surface area contributed by atoms with Gasteiger partial charge in [-0.25, -0.2) is 10.0 Å². The molecule has 2 heterocycles. The standard InChI is InChI=1S/C13H17FN2O2/c1-13(2,3)12(17)16-10(6-7-18-16)9-4-5-11(14)15-8-9/h4-5,8,10H,6-7H2,1-3H3/t10-/m1/s1. The summed E-state index contributed by atoms with van der Waals surface area (Å²) in [5.74, 6) is -0.597. The zero-order chi connectivity index (χ0) is 13.3. The third kappa shape index (κ3) is 2.51. The minimum absolute atomic E-state index is 0.0747. The summed E-state index contributed by atoms with van der Waals surface area (Å²) in [5.41, 5.74) is 0.294. The summed E-state index contributed by atoms with van der Waals surface area (Å²) < 4.78 is 12.8. The van der Waals surface area contributed by atoms with Crippen LogP contribution in [-0.2, 0) is 9.63 Å². The molecule has 1 fully saturated rings. The van der Waals surface area contributed by atoms with Gasteiger partial charge in [-0.05, 0) is 11.6 Å². The van der Waals surface area contributed by atoms with Gasteiger partial charge in [0.2, 0.25) is 5.95 Å². The Labute approximate surface area is 106 Å². The van der Waals surface area contributed by atoms with Gasteiger partial charge in [-0.3, -0.25) is 9.63 Å². The van der Waals surface area contributed by atoms with E-state index in [1.165, 1.54) is 17.3 Å². The lowest BCUT2D eigenvalue weighted by Crippen LogP contribution is -2.38. The zero-order valence-electron chi connectivity index (χ0n) is 10.8. The second-order valence-corrected chi connectivity index (χ2v) is 5.43. The van der Waals surface area contributed by atoms with Crippen molar-refractivity contribution in [1.29, 1.82) is 0 Å². The van der Waals surface area contributed by atoms with Gasteiger partial charge in [0, 0.05) is 18.0 Å². The van der Waals surface area contributed by atoms with Crippen LogP contribution in [0.2, 0.25) is 0 Å². The Balaban J connectivity index is 2.22. The van der Waals surface area contributed by atoms with Crippen LogP contribution in [0, 0.1) is 11.4 Å². The van der Waals surface area contributed by atoms with Crippen LogP contribution in [-0.4, -0.2) is 22.6 Å². The number of carbonyl (C=O) groups excluding carboxylic acids is 1. The van der Waals surface area contributed by atoms with Gasteiger partial charge in [0.25, 0.3) is 5.91 Å². The molecule has 0 saturated carbocycles. The molecule has 0 aliphatic carbocycles. The summed E-state index contributed by atoms with van der Waals surface area (Å²) in [7, 11) is 0. The van der Waals surface area contributed by atoms with Gasteiger partial charge in [0.05, 0.1) is 12.6 Å². The molecule has 1 aromatic heterocycles. The fraction of sp³-hybridized carbons (Fsp3) is 0.538. The van der Waals surface area contributed by atoms with E-state index < -0.39 is 11.4 Å². The Hall–Kier alpha value is -1.49. The van der Waals surface area contributed by atoms with Crippen LogP contribution < -0.4 is 0 Å². The quantitative estimate of drug-likeness (QED) is 0.721. The summed E-state index contributed by atoms with van der Waals surface area (Å²) in [6, 6.07) is 2.77. The molecule has 1 saturated heterocycles. The van der Waals surface area contributed by atoms with E-state index in [0.29, 0.717) is 13.0 Å². The molecule has 4 nitrogen and oxygen atoms in total. The van der Waals surface area contributed by atoms with Crippen LogP contribution >= 0.6 is 0 Å². The predicted molar refractivity (Wildman–Crippen MR) is 63.8 cm³/mol. The molecular formula is C13H17FN2O2. The first kappa shape index (κ1) is 13.0. The van der Waals surface area contributed by atoms with E-state index in [1.807, 2.05) is 20.8 Å². The van der Waals surface area contributed by atoms with Gasteiger partial charge >= 0.3 is 0 Å². The number of pyridine rings is 1. The largest absolute Gasteiger partial charge is 0.272 e. The fourth-order valence-corrected chi connectivity index (χ4v) is 1.89. The van der Waals surface area contributed by atoms with Crippen molar-refractivity contribution in [3.63, 3.8) is 0 Å². The Bertz CT molecular complexity index is 439. The molecule has 0 unspecified atom stereocenters. The number of rotatable bonds is 1. The molecule has 1 aliphatic heterocycles. The second kappa shape index (κ2) is 4.65. The molecule has 5 heteroatoms. The highest BCUT2D eigenvalue weighted by molar-refractivity contribution is 5.81. The second-order valence-electron chi connectivity index (χ2n) is 5.43. The third-order valence-electron chi connectivity index (χ3n) is 2.88. The molecule has 0 bridgehead atoms. The van der Waals surface area contributed by atoms with Gasteiger partial charge in [-0.15, -0.1) is 0 Å². The first-order valence-electron chi connectivity index (χ1n) is 5.97. The lowest BCUT2D eigenvalue weighted by Gasteiger charge is -2.28. The highest BCUT2D eigenvalue weighted by atomic mass is 19.1. The maximum Gasteiger partial charge on any atom is 0.252 e. The lowest BCUT2D eigenvalue weighted by molar-refractivity contribution is -0.186. The van der Waals surface area contributed by atoms with Crippen LogP contribution in [0.1, 0.15) is 38.8 Å². The minimum atomic E-state index is -0.522. The van der Waals surface area contributed by atoms with Crippen LogP contribution in [0.3, 0.4) is 0 Å². The average molecular weight is 252 g/mol. The first-order valence-corrected chi connectivity index (χ1v) is 5.97. The molecule has 1 aromatic rings. The maximum absolute atomic E-state index is 12.8. The predicted octanol–water partition coefficient (Wildman–Crippen LogP) is 2.47. The molecule has 98 valence electrons. The van der Waals surface area contributed by atoms with Crippen molar-refractivity contribution in [1.82, 2.24) is 10.0 Å². The van der Waals surface area contributed by atoms with Gasteiger partial charge in [-0.1, -0.05) is 26.8 Å². The highest BCUT2D eigenvalue weighted by Crippen LogP contribution is 2.33. The molecule has 2 rings (SSSR count). The van der Waals surface area contributed by atoms with E-state index in [4.69, 9.17) is 4.84 Å². The maximum atomic E-state index is 12.8. The molecule has 0 spiro atoms. The SMILES string of the molecule is CC(C)(C)C(=O)N1OCC[C@@H]1c1ccc(F)nc1. The van der Waals surface area contributed by atoms with Crippen molar-refractivity contribution in [3.8, 4) is 0 Å². The molecule has 0 aromatic carbocycles. The summed E-state index contributed by atoms with van der Waals surface area (Å²) >= 11 is 0.